The van der Waals surface area contributed by atoms with Gasteiger partial charge in [-0.1, -0.05) is 30.3 Å². The molecule has 0 aliphatic rings. The lowest BCUT2D eigenvalue weighted by atomic mass is 10.1. The van der Waals surface area contributed by atoms with E-state index in [1.165, 1.54) is 17.1 Å². The Hall–Kier alpha value is -1.72. The summed E-state index contributed by atoms with van der Waals surface area (Å²) < 4.78 is 4.13. The van der Waals surface area contributed by atoms with Crippen LogP contribution in [0.3, 0.4) is 0 Å². The maximum absolute atomic E-state index is 12.4. The van der Waals surface area contributed by atoms with Gasteiger partial charge in [-0.15, -0.1) is 0 Å². The van der Waals surface area contributed by atoms with E-state index in [9.17, 15) is 4.79 Å². The summed E-state index contributed by atoms with van der Waals surface area (Å²) in [5, 5.41) is 10.9. The molecule has 5 heteroatoms. The second-order valence-corrected chi connectivity index (χ2v) is 5.19. The highest BCUT2D eigenvalue weighted by atomic mass is 32.1. The van der Waals surface area contributed by atoms with Gasteiger partial charge in [-0.05, 0) is 30.4 Å². The molecule has 0 radical (unpaired) electrons. The van der Waals surface area contributed by atoms with E-state index in [-0.39, 0.29) is 12.5 Å². The van der Waals surface area contributed by atoms with Crippen molar-refractivity contribution in [2.75, 3.05) is 19.7 Å². The SMILES string of the molecule is Cc1nscc1C(=O)N(CCO)CCc1ccccc1. The summed E-state index contributed by atoms with van der Waals surface area (Å²) in [5.41, 5.74) is 2.57. The maximum Gasteiger partial charge on any atom is 0.256 e. The number of benzene rings is 1. The lowest BCUT2D eigenvalue weighted by Crippen LogP contribution is -2.35. The van der Waals surface area contributed by atoms with Crippen LogP contribution in [0, 0.1) is 6.92 Å². The quantitative estimate of drug-likeness (QED) is 0.886. The average Bonchev–Trinajstić information content (AvgIpc) is 2.90. The Morgan fingerprint density at radius 1 is 1.30 bits per heavy atom. The second-order valence-electron chi connectivity index (χ2n) is 4.57. The number of carbonyl (C=O) groups excluding carboxylic acids is 1. The van der Waals surface area contributed by atoms with E-state index in [1.807, 2.05) is 37.3 Å². The van der Waals surface area contributed by atoms with Gasteiger partial charge in [0, 0.05) is 18.5 Å². The van der Waals surface area contributed by atoms with Crippen LogP contribution < -0.4 is 0 Å². The van der Waals surface area contributed by atoms with E-state index in [2.05, 4.69) is 4.37 Å². The predicted octanol–water partition coefficient (Wildman–Crippen LogP) is 2.13. The number of aryl methyl sites for hydroxylation is 1. The molecule has 1 amide bonds. The molecule has 2 aromatic rings. The Morgan fingerprint density at radius 2 is 2.05 bits per heavy atom. The van der Waals surface area contributed by atoms with Gasteiger partial charge in [0.25, 0.3) is 5.91 Å². The topological polar surface area (TPSA) is 53.4 Å². The molecule has 0 atom stereocenters. The molecular weight excluding hydrogens is 272 g/mol. The van der Waals surface area contributed by atoms with Gasteiger partial charge in [-0.25, -0.2) is 0 Å². The van der Waals surface area contributed by atoms with Crippen LogP contribution in [0.4, 0.5) is 0 Å². The van der Waals surface area contributed by atoms with E-state index in [0.29, 0.717) is 18.7 Å². The average molecular weight is 290 g/mol. The van der Waals surface area contributed by atoms with Crippen LogP contribution in [0.5, 0.6) is 0 Å². The first-order valence-corrected chi connectivity index (χ1v) is 7.41. The molecule has 1 heterocycles. The number of hydrogen-bond donors (Lipinski definition) is 1. The number of nitrogens with zero attached hydrogens (tertiary/aromatic N) is 2. The highest BCUT2D eigenvalue weighted by Crippen LogP contribution is 2.13. The zero-order valence-corrected chi connectivity index (χ0v) is 12.3. The van der Waals surface area contributed by atoms with Gasteiger partial charge in [0.2, 0.25) is 0 Å². The monoisotopic (exact) mass is 290 g/mol. The molecule has 0 spiro atoms. The van der Waals surface area contributed by atoms with Gasteiger partial charge in [-0.2, -0.15) is 4.37 Å². The second kappa shape index (κ2) is 7.17. The van der Waals surface area contributed by atoms with Crippen LogP contribution >= 0.6 is 11.5 Å². The third kappa shape index (κ3) is 3.65. The van der Waals surface area contributed by atoms with Crippen LogP contribution in [-0.2, 0) is 6.42 Å². The van der Waals surface area contributed by atoms with E-state index >= 15 is 0 Å². The highest BCUT2D eigenvalue weighted by Gasteiger charge is 2.18. The molecule has 0 fully saturated rings. The summed E-state index contributed by atoms with van der Waals surface area (Å²) in [6.07, 6.45) is 0.781. The van der Waals surface area contributed by atoms with Crippen LogP contribution in [-0.4, -0.2) is 40.0 Å². The minimum Gasteiger partial charge on any atom is -0.395 e. The van der Waals surface area contributed by atoms with Crippen molar-refractivity contribution in [2.45, 2.75) is 13.3 Å². The zero-order valence-electron chi connectivity index (χ0n) is 11.5. The van der Waals surface area contributed by atoms with Crippen molar-refractivity contribution >= 4 is 17.4 Å². The molecule has 1 aromatic carbocycles. The standard InChI is InChI=1S/C15H18N2O2S/c1-12-14(11-20-16-12)15(19)17(9-10-18)8-7-13-5-3-2-4-6-13/h2-6,11,18H,7-10H2,1H3. The van der Waals surface area contributed by atoms with Gasteiger partial charge in [0.1, 0.15) is 0 Å². The van der Waals surface area contributed by atoms with Crippen LogP contribution in [0.15, 0.2) is 35.7 Å². The fourth-order valence-electron chi connectivity index (χ4n) is 2.01. The Kier molecular flexibility index (Phi) is 5.26. The van der Waals surface area contributed by atoms with Gasteiger partial charge in [-0.3, -0.25) is 4.79 Å². The molecular formula is C15H18N2O2S. The molecule has 0 saturated heterocycles. The number of aliphatic hydroxyl groups is 1. The largest absolute Gasteiger partial charge is 0.395 e. The Morgan fingerprint density at radius 3 is 2.65 bits per heavy atom. The Labute approximate surface area is 122 Å². The van der Waals surface area contributed by atoms with Gasteiger partial charge >= 0.3 is 0 Å². The number of carbonyl (C=O) groups is 1. The van der Waals surface area contributed by atoms with Crippen molar-refractivity contribution in [1.82, 2.24) is 9.27 Å². The minimum atomic E-state index is -0.0544. The number of rotatable bonds is 6. The molecule has 1 N–H and O–H groups in total. The first-order chi connectivity index (χ1) is 9.72. The normalized spacial score (nSPS) is 10.5. The number of aliphatic hydroxyl groups excluding tert-OH is 1. The van der Waals surface area contributed by atoms with Crippen LogP contribution in [0.25, 0.3) is 0 Å². The molecule has 106 valence electrons. The van der Waals surface area contributed by atoms with Gasteiger partial charge in [0.15, 0.2) is 0 Å². The third-order valence-electron chi connectivity index (χ3n) is 3.15. The van der Waals surface area contributed by atoms with Crippen molar-refractivity contribution in [3.8, 4) is 0 Å². The smallest absolute Gasteiger partial charge is 0.256 e. The fourth-order valence-corrected chi connectivity index (χ4v) is 2.70. The molecule has 0 aliphatic carbocycles. The molecule has 1 aromatic heterocycles. The maximum atomic E-state index is 12.4. The predicted molar refractivity (Wildman–Crippen MR) is 80.0 cm³/mol. The Bertz CT molecular complexity index is 554. The summed E-state index contributed by atoms with van der Waals surface area (Å²) in [5.74, 6) is -0.0544. The van der Waals surface area contributed by atoms with Crippen molar-refractivity contribution in [1.29, 1.82) is 0 Å². The molecule has 4 nitrogen and oxygen atoms in total. The summed E-state index contributed by atoms with van der Waals surface area (Å²) in [4.78, 5) is 14.1. The van der Waals surface area contributed by atoms with Crippen LogP contribution in [0.1, 0.15) is 21.6 Å². The fraction of sp³-hybridized carbons (Fsp3) is 0.333. The Balaban J connectivity index is 2.03. The summed E-state index contributed by atoms with van der Waals surface area (Å²) in [6, 6.07) is 10.0. The molecule has 0 unspecified atom stereocenters. The van der Waals surface area contributed by atoms with Crippen molar-refractivity contribution in [3.63, 3.8) is 0 Å². The van der Waals surface area contributed by atoms with E-state index in [0.717, 1.165) is 12.1 Å². The van der Waals surface area contributed by atoms with E-state index < -0.39 is 0 Å². The van der Waals surface area contributed by atoms with E-state index in [1.54, 1.807) is 10.3 Å². The zero-order chi connectivity index (χ0) is 14.4. The molecule has 2 rings (SSSR count). The van der Waals surface area contributed by atoms with Gasteiger partial charge in [0.05, 0.1) is 17.9 Å². The summed E-state index contributed by atoms with van der Waals surface area (Å²) >= 11 is 1.28. The molecule has 0 aliphatic heterocycles. The highest BCUT2D eigenvalue weighted by molar-refractivity contribution is 7.03. The lowest BCUT2D eigenvalue weighted by molar-refractivity contribution is 0.0723. The van der Waals surface area contributed by atoms with Gasteiger partial charge < -0.3 is 10.0 Å². The summed E-state index contributed by atoms with van der Waals surface area (Å²) in [7, 11) is 0. The van der Waals surface area contributed by atoms with Crippen molar-refractivity contribution in [3.05, 3.63) is 52.5 Å². The van der Waals surface area contributed by atoms with Crippen molar-refractivity contribution < 1.29 is 9.90 Å². The molecule has 0 saturated carbocycles. The minimum absolute atomic E-state index is 0.0306. The van der Waals surface area contributed by atoms with Crippen LogP contribution in [0.2, 0.25) is 0 Å². The first-order valence-electron chi connectivity index (χ1n) is 6.57. The third-order valence-corrected chi connectivity index (χ3v) is 3.87. The van der Waals surface area contributed by atoms with Crippen molar-refractivity contribution in [2.24, 2.45) is 0 Å². The number of amides is 1. The van der Waals surface area contributed by atoms with E-state index in [4.69, 9.17) is 5.11 Å². The lowest BCUT2D eigenvalue weighted by Gasteiger charge is -2.21. The number of aromatic nitrogens is 1. The molecule has 0 bridgehead atoms. The molecule has 20 heavy (non-hydrogen) atoms. The summed E-state index contributed by atoms with van der Waals surface area (Å²) in [6.45, 7) is 2.74. The number of hydrogen-bond acceptors (Lipinski definition) is 4. The first kappa shape index (κ1) is 14.7.